The molecule has 19 heavy (non-hydrogen) atoms. The molecule has 2 aromatic rings. The van der Waals surface area contributed by atoms with E-state index in [-0.39, 0.29) is 11.8 Å². The van der Waals surface area contributed by atoms with Gasteiger partial charge in [0.15, 0.2) is 0 Å². The fourth-order valence-electron chi connectivity index (χ4n) is 2.17. The molecule has 4 heteroatoms. The topological polar surface area (TPSA) is 60.9 Å². The van der Waals surface area contributed by atoms with Crippen LogP contribution in [0.25, 0.3) is 0 Å². The van der Waals surface area contributed by atoms with Gasteiger partial charge in [-0.25, -0.2) is 0 Å². The van der Waals surface area contributed by atoms with Gasteiger partial charge in [0, 0.05) is 31.6 Å². The van der Waals surface area contributed by atoms with E-state index < -0.39 is 0 Å². The quantitative estimate of drug-likeness (QED) is 0.890. The minimum absolute atomic E-state index is 0.138. The third kappa shape index (κ3) is 3.51. The molecule has 0 amide bonds. The van der Waals surface area contributed by atoms with Crippen LogP contribution in [0.2, 0.25) is 0 Å². The van der Waals surface area contributed by atoms with Crippen LogP contribution in [0.4, 0.5) is 0 Å². The number of rotatable bonds is 5. The van der Waals surface area contributed by atoms with Gasteiger partial charge in [0.1, 0.15) is 5.78 Å². The minimum atomic E-state index is -0.233. The van der Waals surface area contributed by atoms with E-state index >= 15 is 0 Å². The molecule has 1 atom stereocenters. The van der Waals surface area contributed by atoms with Gasteiger partial charge in [0.05, 0.1) is 5.69 Å². The van der Waals surface area contributed by atoms with Crippen molar-refractivity contribution in [1.82, 2.24) is 9.78 Å². The number of carbonyl (C=O) groups excluding carboxylic acids is 1. The highest BCUT2D eigenvalue weighted by molar-refractivity contribution is 5.81. The molecule has 4 nitrogen and oxygen atoms in total. The highest BCUT2D eigenvalue weighted by Gasteiger charge is 2.13. The molecule has 1 unspecified atom stereocenters. The van der Waals surface area contributed by atoms with Gasteiger partial charge in [0.2, 0.25) is 0 Å². The molecule has 1 heterocycles. The molecule has 0 spiro atoms. The Labute approximate surface area is 113 Å². The number of carbonyl (C=O) groups is 1. The summed E-state index contributed by atoms with van der Waals surface area (Å²) in [4.78, 5) is 12.0. The number of aryl methyl sites for hydroxylation is 2. The van der Waals surface area contributed by atoms with Crippen molar-refractivity contribution in [1.29, 1.82) is 0 Å². The summed E-state index contributed by atoms with van der Waals surface area (Å²) < 4.78 is 1.75. The number of ketones is 1. The zero-order chi connectivity index (χ0) is 13.8. The molecule has 0 aliphatic heterocycles. The molecular formula is C15H19N3O. The first-order valence-corrected chi connectivity index (χ1v) is 6.38. The maximum Gasteiger partial charge on any atom is 0.140 e. The minimum Gasteiger partial charge on any atom is -0.324 e. The van der Waals surface area contributed by atoms with Crippen LogP contribution in [0.1, 0.15) is 29.4 Å². The van der Waals surface area contributed by atoms with Crippen molar-refractivity contribution in [3.63, 3.8) is 0 Å². The zero-order valence-electron chi connectivity index (χ0n) is 11.3. The van der Waals surface area contributed by atoms with E-state index in [0.29, 0.717) is 12.8 Å². The van der Waals surface area contributed by atoms with Crippen molar-refractivity contribution in [2.45, 2.75) is 25.8 Å². The van der Waals surface area contributed by atoms with Gasteiger partial charge in [-0.2, -0.15) is 5.10 Å². The van der Waals surface area contributed by atoms with Gasteiger partial charge in [0.25, 0.3) is 0 Å². The molecule has 0 aliphatic carbocycles. The lowest BCUT2D eigenvalue weighted by Crippen LogP contribution is -2.17. The summed E-state index contributed by atoms with van der Waals surface area (Å²) >= 11 is 0. The summed E-state index contributed by atoms with van der Waals surface area (Å²) in [5, 5.41) is 4.23. The Morgan fingerprint density at radius 2 is 2.05 bits per heavy atom. The molecule has 0 fully saturated rings. The molecule has 1 aromatic heterocycles. The van der Waals surface area contributed by atoms with Gasteiger partial charge in [-0.15, -0.1) is 0 Å². The van der Waals surface area contributed by atoms with E-state index in [4.69, 9.17) is 5.73 Å². The zero-order valence-corrected chi connectivity index (χ0v) is 11.3. The Bertz CT molecular complexity index is 560. The number of Topliss-reactive ketones (excluding diaryl/α,β-unsaturated/α-hetero) is 1. The van der Waals surface area contributed by atoms with Crippen molar-refractivity contribution in [3.05, 3.63) is 53.3 Å². The van der Waals surface area contributed by atoms with Gasteiger partial charge in [-0.05, 0) is 18.6 Å². The first kappa shape index (κ1) is 13.5. The first-order chi connectivity index (χ1) is 9.06. The van der Waals surface area contributed by atoms with E-state index in [1.807, 2.05) is 50.4 Å². The predicted molar refractivity (Wildman–Crippen MR) is 74.6 cm³/mol. The number of hydrogen-bond donors (Lipinski definition) is 1. The Hall–Kier alpha value is -1.94. The fourth-order valence-corrected chi connectivity index (χ4v) is 2.17. The largest absolute Gasteiger partial charge is 0.324 e. The van der Waals surface area contributed by atoms with E-state index in [1.54, 1.807) is 4.68 Å². The third-order valence-electron chi connectivity index (χ3n) is 3.15. The van der Waals surface area contributed by atoms with Crippen LogP contribution < -0.4 is 5.73 Å². The monoisotopic (exact) mass is 257 g/mol. The van der Waals surface area contributed by atoms with Crippen LogP contribution in [-0.2, 0) is 18.3 Å². The predicted octanol–water partition coefficient (Wildman–Crippen LogP) is 1.93. The number of benzene rings is 1. The van der Waals surface area contributed by atoms with Crippen molar-refractivity contribution in [2.75, 3.05) is 0 Å². The lowest BCUT2D eigenvalue weighted by molar-refractivity contribution is -0.118. The summed E-state index contributed by atoms with van der Waals surface area (Å²) in [5.41, 5.74) is 8.91. The number of aromatic nitrogens is 2. The second kappa shape index (κ2) is 5.80. The van der Waals surface area contributed by atoms with Crippen molar-refractivity contribution in [2.24, 2.45) is 12.8 Å². The van der Waals surface area contributed by atoms with Crippen LogP contribution >= 0.6 is 0 Å². The van der Waals surface area contributed by atoms with Crippen molar-refractivity contribution in [3.8, 4) is 0 Å². The maximum atomic E-state index is 12.0. The standard InChI is InChI=1S/C15H19N3O/c1-11-8-13(18(2)17-11)9-14(19)10-15(16)12-6-4-3-5-7-12/h3-8,15H,9-10,16H2,1-2H3. The molecule has 1 aromatic carbocycles. The lowest BCUT2D eigenvalue weighted by Gasteiger charge is -2.11. The molecule has 0 radical (unpaired) electrons. The SMILES string of the molecule is Cc1cc(CC(=O)CC(N)c2ccccc2)n(C)n1. The molecular weight excluding hydrogens is 238 g/mol. The van der Waals surface area contributed by atoms with Gasteiger partial charge < -0.3 is 5.73 Å². The molecule has 2 N–H and O–H groups in total. The molecule has 0 saturated carbocycles. The first-order valence-electron chi connectivity index (χ1n) is 6.38. The van der Waals surface area contributed by atoms with Crippen LogP contribution in [0, 0.1) is 6.92 Å². The van der Waals surface area contributed by atoms with Gasteiger partial charge in [-0.1, -0.05) is 30.3 Å². The van der Waals surface area contributed by atoms with E-state index in [2.05, 4.69) is 5.10 Å². The second-order valence-corrected chi connectivity index (χ2v) is 4.84. The second-order valence-electron chi connectivity index (χ2n) is 4.84. The highest BCUT2D eigenvalue weighted by Crippen LogP contribution is 2.15. The Kier molecular flexibility index (Phi) is 4.12. The smallest absolute Gasteiger partial charge is 0.140 e. The average molecular weight is 257 g/mol. The van der Waals surface area contributed by atoms with Gasteiger partial charge >= 0.3 is 0 Å². The lowest BCUT2D eigenvalue weighted by atomic mass is 10.0. The van der Waals surface area contributed by atoms with Crippen LogP contribution in [-0.4, -0.2) is 15.6 Å². The summed E-state index contributed by atoms with van der Waals surface area (Å²) in [6.07, 6.45) is 0.742. The Balaban J connectivity index is 1.96. The number of nitrogens with two attached hydrogens (primary N) is 1. The third-order valence-corrected chi connectivity index (χ3v) is 3.15. The van der Waals surface area contributed by atoms with Crippen LogP contribution in [0.15, 0.2) is 36.4 Å². The van der Waals surface area contributed by atoms with Crippen LogP contribution in [0.3, 0.4) is 0 Å². The summed E-state index contributed by atoms with van der Waals surface area (Å²) in [6, 6.07) is 11.4. The van der Waals surface area contributed by atoms with E-state index in [1.165, 1.54) is 0 Å². The Morgan fingerprint density at radius 3 is 2.63 bits per heavy atom. The van der Waals surface area contributed by atoms with Crippen LogP contribution in [0.5, 0.6) is 0 Å². The molecule has 0 saturated heterocycles. The summed E-state index contributed by atoms with van der Waals surface area (Å²) in [6.45, 7) is 1.92. The molecule has 100 valence electrons. The Morgan fingerprint density at radius 1 is 1.37 bits per heavy atom. The van der Waals surface area contributed by atoms with E-state index in [0.717, 1.165) is 17.0 Å². The summed E-state index contributed by atoms with van der Waals surface area (Å²) in [7, 11) is 1.85. The summed E-state index contributed by atoms with van der Waals surface area (Å²) in [5.74, 6) is 0.138. The highest BCUT2D eigenvalue weighted by atomic mass is 16.1. The molecule has 2 rings (SSSR count). The van der Waals surface area contributed by atoms with Crippen molar-refractivity contribution >= 4 is 5.78 Å². The van der Waals surface area contributed by atoms with Gasteiger partial charge in [-0.3, -0.25) is 9.48 Å². The number of hydrogen-bond acceptors (Lipinski definition) is 3. The maximum absolute atomic E-state index is 12.0. The average Bonchev–Trinajstić information content (AvgIpc) is 2.68. The van der Waals surface area contributed by atoms with E-state index in [9.17, 15) is 4.79 Å². The molecule has 0 aliphatic rings. The molecule has 0 bridgehead atoms. The fraction of sp³-hybridized carbons (Fsp3) is 0.333. The number of nitrogens with zero attached hydrogens (tertiary/aromatic N) is 2. The van der Waals surface area contributed by atoms with Crippen molar-refractivity contribution < 1.29 is 4.79 Å². The normalized spacial score (nSPS) is 12.4.